The second-order valence-electron chi connectivity index (χ2n) is 3.57. The first-order chi connectivity index (χ1) is 7.74. The van der Waals surface area contributed by atoms with Crippen LogP contribution in [0.25, 0.3) is 0 Å². The Morgan fingerprint density at radius 3 is 2.88 bits per heavy atom. The molecule has 0 N–H and O–H groups in total. The van der Waals surface area contributed by atoms with Gasteiger partial charge in [-0.25, -0.2) is 0 Å². The zero-order valence-electron chi connectivity index (χ0n) is 8.98. The molecule has 2 aromatic rings. The predicted molar refractivity (Wildman–Crippen MR) is 64.8 cm³/mol. The summed E-state index contributed by atoms with van der Waals surface area (Å²) in [6, 6.07) is 11.5. The molecule has 0 unspecified atom stereocenters. The Hall–Kier alpha value is -1.54. The Kier molecular flexibility index (Phi) is 3.42. The highest BCUT2D eigenvalue weighted by molar-refractivity contribution is 6.30. The summed E-state index contributed by atoms with van der Waals surface area (Å²) in [5.41, 5.74) is 2.01. The zero-order chi connectivity index (χ0) is 11.4. The highest BCUT2D eigenvalue weighted by atomic mass is 35.5. The average Bonchev–Trinajstić information content (AvgIpc) is 2.27. The molecule has 0 aliphatic carbocycles. The minimum Gasteiger partial charge on any atom is -0.487 e. The maximum Gasteiger partial charge on any atom is 0.130 e. The molecule has 0 atom stereocenters. The maximum atomic E-state index is 5.86. The largest absolute Gasteiger partial charge is 0.487 e. The van der Waals surface area contributed by atoms with Crippen LogP contribution in [-0.2, 0) is 6.61 Å². The SMILES string of the molecule is Cc1cccc(OCc2cc(Cl)ccn2)c1. The van der Waals surface area contributed by atoms with Crippen LogP contribution in [0.15, 0.2) is 42.6 Å². The van der Waals surface area contributed by atoms with Gasteiger partial charge in [0.2, 0.25) is 0 Å². The summed E-state index contributed by atoms with van der Waals surface area (Å²) in [5.74, 6) is 0.849. The minimum absolute atomic E-state index is 0.435. The summed E-state index contributed by atoms with van der Waals surface area (Å²) in [6.07, 6.45) is 1.68. The van der Waals surface area contributed by atoms with Gasteiger partial charge >= 0.3 is 0 Å². The van der Waals surface area contributed by atoms with Crippen molar-refractivity contribution in [3.8, 4) is 5.75 Å². The molecule has 2 nitrogen and oxygen atoms in total. The molecular formula is C13H12ClNO. The number of hydrogen-bond acceptors (Lipinski definition) is 2. The minimum atomic E-state index is 0.435. The predicted octanol–water partition coefficient (Wildman–Crippen LogP) is 3.62. The van der Waals surface area contributed by atoms with Gasteiger partial charge in [0, 0.05) is 11.2 Å². The van der Waals surface area contributed by atoms with Crippen molar-refractivity contribution in [2.24, 2.45) is 0 Å². The summed E-state index contributed by atoms with van der Waals surface area (Å²) in [5, 5.41) is 0.679. The topological polar surface area (TPSA) is 22.1 Å². The van der Waals surface area contributed by atoms with Gasteiger partial charge in [0.05, 0.1) is 5.69 Å². The molecule has 3 heteroatoms. The van der Waals surface area contributed by atoms with E-state index in [1.165, 1.54) is 5.56 Å². The lowest BCUT2D eigenvalue weighted by Crippen LogP contribution is -1.97. The van der Waals surface area contributed by atoms with E-state index in [0.29, 0.717) is 11.6 Å². The van der Waals surface area contributed by atoms with Gasteiger partial charge < -0.3 is 4.74 Å². The normalized spacial score (nSPS) is 10.1. The number of ether oxygens (including phenoxy) is 1. The number of benzene rings is 1. The van der Waals surface area contributed by atoms with Crippen molar-refractivity contribution in [2.45, 2.75) is 13.5 Å². The number of rotatable bonds is 3. The molecule has 2 rings (SSSR count). The van der Waals surface area contributed by atoms with Crippen LogP contribution in [0.3, 0.4) is 0 Å². The van der Waals surface area contributed by atoms with Gasteiger partial charge in [0.15, 0.2) is 0 Å². The standard InChI is InChI=1S/C13H12ClNO/c1-10-3-2-4-13(7-10)16-9-12-8-11(14)5-6-15-12/h2-8H,9H2,1H3. The van der Waals surface area contributed by atoms with Gasteiger partial charge in [-0.2, -0.15) is 0 Å². The molecule has 16 heavy (non-hydrogen) atoms. The van der Waals surface area contributed by atoms with Crippen molar-refractivity contribution in [2.75, 3.05) is 0 Å². The number of nitrogens with zero attached hydrogens (tertiary/aromatic N) is 1. The molecule has 1 aromatic carbocycles. The Morgan fingerprint density at radius 1 is 1.25 bits per heavy atom. The molecule has 0 aliphatic heterocycles. The maximum absolute atomic E-state index is 5.86. The van der Waals surface area contributed by atoms with Gasteiger partial charge in [0.1, 0.15) is 12.4 Å². The van der Waals surface area contributed by atoms with Gasteiger partial charge in [-0.05, 0) is 36.8 Å². The molecule has 82 valence electrons. The molecule has 0 saturated heterocycles. The van der Waals surface area contributed by atoms with E-state index in [-0.39, 0.29) is 0 Å². The van der Waals surface area contributed by atoms with Crippen LogP contribution in [0.5, 0.6) is 5.75 Å². The van der Waals surface area contributed by atoms with E-state index >= 15 is 0 Å². The lowest BCUT2D eigenvalue weighted by Gasteiger charge is -2.06. The lowest BCUT2D eigenvalue weighted by molar-refractivity contribution is 0.301. The number of halogens is 1. The van der Waals surface area contributed by atoms with Crippen LogP contribution in [0.2, 0.25) is 5.02 Å². The fourth-order valence-corrected chi connectivity index (χ4v) is 1.57. The molecule has 0 fully saturated rings. The third-order valence-corrected chi connectivity index (χ3v) is 2.39. The smallest absolute Gasteiger partial charge is 0.130 e. The molecule has 0 bridgehead atoms. The fourth-order valence-electron chi connectivity index (χ4n) is 1.39. The van der Waals surface area contributed by atoms with E-state index in [0.717, 1.165) is 11.4 Å². The molecule has 0 radical (unpaired) electrons. The highest BCUT2D eigenvalue weighted by Crippen LogP contribution is 2.15. The van der Waals surface area contributed by atoms with Crippen LogP contribution in [0.4, 0.5) is 0 Å². The number of hydrogen-bond donors (Lipinski definition) is 0. The molecule has 0 aliphatic rings. The molecule has 0 amide bonds. The number of aryl methyl sites for hydroxylation is 1. The molecular weight excluding hydrogens is 222 g/mol. The van der Waals surface area contributed by atoms with Crippen LogP contribution < -0.4 is 4.74 Å². The van der Waals surface area contributed by atoms with Crippen molar-refractivity contribution in [1.82, 2.24) is 4.98 Å². The average molecular weight is 234 g/mol. The second kappa shape index (κ2) is 4.99. The summed E-state index contributed by atoms with van der Waals surface area (Å²) in [7, 11) is 0. The summed E-state index contributed by atoms with van der Waals surface area (Å²) in [6.45, 7) is 2.47. The van der Waals surface area contributed by atoms with Crippen molar-refractivity contribution in [3.63, 3.8) is 0 Å². The molecule has 0 saturated carbocycles. The van der Waals surface area contributed by atoms with E-state index in [2.05, 4.69) is 4.98 Å². The third kappa shape index (κ3) is 2.97. The van der Waals surface area contributed by atoms with E-state index in [1.54, 1.807) is 18.3 Å². The molecule has 1 heterocycles. The lowest BCUT2D eigenvalue weighted by atomic mass is 10.2. The van der Waals surface area contributed by atoms with Crippen LogP contribution in [0.1, 0.15) is 11.3 Å². The first-order valence-corrected chi connectivity index (χ1v) is 5.42. The van der Waals surface area contributed by atoms with E-state index in [4.69, 9.17) is 16.3 Å². The van der Waals surface area contributed by atoms with Gasteiger partial charge in [-0.1, -0.05) is 23.7 Å². The van der Waals surface area contributed by atoms with Crippen LogP contribution >= 0.6 is 11.6 Å². The number of aromatic nitrogens is 1. The third-order valence-electron chi connectivity index (χ3n) is 2.15. The Labute approximate surface area is 99.9 Å². The van der Waals surface area contributed by atoms with Crippen LogP contribution in [-0.4, -0.2) is 4.98 Å². The summed E-state index contributed by atoms with van der Waals surface area (Å²) >= 11 is 5.86. The Balaban J connectivity index is 2.02. The van der Waals surface area contributed by atoms with E-state index in [9.17, 15) is 0 Å². The van der Waals surface area contributed by atoms with Crippen molar-refractivity contribution in [1.29, 1.82) is 0 Å². The second-order valence-corrected chi connectivity index (χ2v) is 4.01. The Bertz CT molecular complexity index is 439. The van der Waals surface area contributed by atoms with Gasteiger partial charge in [-0.15, -0.1) is 0 Å². The first-order valence-electron chi connectivity index (χ1n) is 5.04. The quantitative estimate of drug-likeness (QED) is 0.808. The van der Waals surface area contributed by atoms with Crippen molar-refractivity contribution in [3.05, 3.63) is 58.9 Å². The first kappa shape index (κ1) is 11.0. The monoisotopic (exact) mass is 233 g/mol. The molecule has 0 spiro atoms. The van der Waals surface area contributed by atoms with Crippen molar-refractivity contribution < 1.29 is 4.74 Å². The highest BCUT2D eigenvalue weighted by Gasteiger charge is 1.98. The van der Waals surface area contributed by atoms with Crippen molar-refractivity contribution >= 4 is 11.6 Å². The molecule has 1 aromatic heterocycles. The number of pyridine rings is 1. The summed E-state index contributed by atoms with van der Waals surface area (Å²) < 4.78 is 5.61. The Morgan fingerprint density at radius 2 is 2.12 bits per heavy atom. The van der Waals surface area contributed by atoms with E-state index in [1.807, 2.05) is 31.2 Å². The fraction of sp³-hybridized carbons (Fsp3) is 0.154. The van der Waals surface area contributed by atoms with Gasteiger partial charge in [-0.3, -0.25) is 4.98 Å². The van der Waals surface area contributed by atoms with Crippen LogP contribution in [0, 0.1) is 6.92 Å². The summed E-state index contributed by atoms with van der Waals surface area (Å²) in [4.78, 5) is 4.17. The van der Waals surface area contributed by atoms with Gasteiger partial charge in [0.25, 0.3) is 0 Å². The zero-order valence-corrected chi connectivity index (χ0v) is 9.74. The van der Waals surface area contributed by atoms with E-state index < -0.39 is 0 Å².